The highest BCUT2D eigenvalue weighted by atomic mass is 79.9. The molecule has 0 radical (unpaired) electrons. The van der Waals surface area contributed by atoms with Gasteiger partial charge in [-0.2, -0.15) is 0 Å². The van der Waals surface area contributed by atoms with Crippen molar-refractivity contribution in [1.82, 2.24) is 4.90 Å². The third kappa shape index (κ3) is 4.54. The maximum atomic E-state index is 5.79. The summed E-state index contributed by atoms with van der Waals surface area (Å²) in [5.74, 6) is 0.687. The monoisotopic (exact) mass is 289 g/mol. The molecule has 0 atom stereocenters. The first kappa shape index (κ1) is 13.0. The van der Waals surface area contributed by atoms with Gasteiger partial charge in [0.1, 0.15) is 0 Å². The molecule has 0 N–H and O–H groups in total. The van der Waals surface area contributed by atoms with Crippen molar-refractivity contribution in [2.75, 3.05) is 12.4 Å². The smallest absolute Gasteiger partial charge is 0.0351 e. The summed E-state index contributed by atoms with van der Waals surface area (Å²) >= 11 is 9.27. The van der Waals surface area contributed by atoms with Gasteiger partial charge in [-0.05, 0) is 31.5 Å². The Morgan fingerprint density at radius 1 is 1.40 bits per heavy atom. The van der Waals surface area contributed by atoms with Crippen LogP contribution in [0.15, 0.2) is 28.7 Å². The molecular formula is C12H17BrClN. The van der Waals surface area contributed by atoms with Gasteiger partial charge in [0.2, 0.25) is 0 Å². The molecule has 0 amide bonds. The topological polar surface area (TPSA) is 3.24 Å². The van der Waals surface area contributed by atoms with Crippen molar-refractivity contribution in [1.29, 1.82) is 0 Å². The molecule has 1 nitrogen and oxygen atoms in total. The molecule has 0 aliphatic heterocycles. The van der Waals surface area contributed by atoms with Crippen LogP contribution in [0.2, 0.25) is 0 Å². The molecule has 1 rings (SSSR count). The van der Waals surface area contributed by atoms with E-state index < -0.39 is 0 Å². The highest BCUT2D eigenvalue weighted by Crippen LogP contribution is 2.14. The quantitative estimate of drug-likeness (QED) is 0.744. The predicted octanol–water partition coefficient (Wildman–Crippen LogP) is 3.90. The van der Waals surface area contributed by atoms with Gasteiger partial charge in [0.25, 0.3) is 0 Å². The van der Waals surface area contributed by atoms with Gasteiger partial charge < -0.3 is 0 Å². The van der Waals surface area contributed by atoms with Crippen LogP contribution in [0, 0.1) is 0 Å². The summed E-state index contributed by atoms with van der Waals surface area (Å²) in [6.07, 6.45) is 0. The Kier molecular flexibility index (Phi) is 5.65. The molecule has 0 aliphatic carbocycles. The maximum Gasteiger partial charge on any atom is 0.0351 e. The highest BCUT2D eigenvalue weighted by Gasteiger charge is 2.09. The lowest BCUT2D eigenvalue weighted by molar-refractivity contribution is 0.226. The normalized spacial score (nSPS) is 11.3. The van der Waals surface area contributed by atoms with Gasteiger partial charge in [-0.3, -0.25) is 4.90 Å². The predicted molar refractivity (Wildman–Crippen MR) is 70.4 cm³/mol. The van der Waals surface area contributed by atoms with Gasteiger partial charge in [-0.1, -0.05) is 28.1 Å². The van der Waals surface area contributed by atoms with Crippen molar-refractivity contribution >= 4 is 27.5 Å². The van der Waals surface area contributed by atoms with Gasteiger partial charge in [-0.15, -0.1) is 11.6 Å². The lowest BCUT2D eigenvalue weighted by Gasteiger charge is -2.25. The fourth-order valence-corrected chi connectivity index (χ4v) is 2.16. The zero-order chi connectivity index (χ0) is 11.3. The van der Waals surface area contributed by atoms with Crippen LogP contribution in [0.4, 0.5) is 0 Å². The summed E-state index contributed by atoms with van der Waals surface area (Å²) < 4.78 is 1.13. The van der Waals surface area contributed by atoms with Crippen LogP contribution < -0.4 is 0 Å². The van der Waals surface area contributed by atoms with Crippen molar-refractivity contribution in [3.63, 3.8) is 0 Å². The van der Waals surface area contributed by atoms with Crippen LogP contribution >= 0.6 is 27.5 Å². The summed E-state index contributed by atoms with van der Waals surface area (Å²) in [4.78, 5) is 2.37. The Morgan fingerprint density at radius 3 is 2.67 bits per heavy atom. The molecule has 0 saturated carbocycles. The third-order valence-corrected chi connectivity index (χ3v) is 3.04. The first-order valence-corrected chi connectivity index (χ1v) is 6.50. The summed E-state index contributed by atoms with van der Waals surface area (Å²) in [5.41, 5.74) is 1.32. The molecule has 3 heteroatoms. The van der Waals surface area contributed by atoms with E-state index in [-0.39, 0.29) is 0 Å². The van der Waals surface area contributed by atoms with Crippen molar-refractivity contribution in [2.45, 2.75) is 26.4 Å². The zero-order valence-electron chi connectivity index (χ0n) is 9.21. The average molecular weight is 291 g/mol. The first-order valence-electron chi connectivity index (χ1n) is 5.18. The summed E-state index contributed by atoms with van der Waals surface area (Å²) in [6, 6.07) is 8.95. The molecule has 1 aromatic carbocycles. The second-order valence-electron chi connectivity index (χ2n) is 3.88. The lowest BCUT2D eigenvalue weighted by atomic mass is 10.2. The molecule has 0 saturated heterocycles. The van der Waals surface area contributed by atoms with E-state index in [2.05, 4.69) is 52.9 Å². The molecule has 1 aromatic rings. The van der Waals surface area contributed by atoms with Crippen molar-refractivity contribution in [2.24, 2.45) is 0 Å². The number of hydrogen-bond acceptors (Lipinski definition) is 1. The van der Waals surface area contributed by atoms with E-state index >= 15 is 0 Å². The van der Waals surface area contributed by atoms with E-state index in [1.54, 1.807) is 0 Å². The van der Waals surface area contributed by atoms with E-state index in [4.69, 9.17) is 11.6 Å². The van der Waals surface area contributed by atoms with Gasteiger partial charge in [0.15, 0.2) is 0 Å². The molecule has 0 spiro atoms. The minimum absolute atomic E-state index is 0.530. The molecule has 0 aliphatic rings. The van der Waals surface area contributed by atoms with Gasteiger partial charge >= 0.3 is 0 Å². The second kappa shape index (κ2) is 6.51. The Balaban J connectivity index is 2.65. The maximum absolute atomic E-state index is 5.79. The summed E-state index contributed by atoms with van der Waals surface area (Å²) in [5, 5.41) is 0. The molecule has 0 heterocycles. The molecule has 15 heavy (non-hydrogen) atoms. The molecule has 0 bridgehead atoms. The lowest BCUT2D eigenvalue weighted by Crippen LogP contribution is -2.32. The Morgan fingerprint density at radius 2 is 2.13 bits per heavy atom. The van der Waals surface area contributed by atoms with Gasteiger partial charge in [-0.25, -0.2) is 0 Å². The molecule has 0 aromatic heterocycles. The Hall–Kier alpha value is -0.0500. The fourth-order valence-electron chi connectivity index (χ4n) is 1.50. The van der Waals surface area contributed by atoms with Crippen LogP contribution in [-0.2, 0) is 6.54 Å². The number of alkyl halides is 1. The largest absolute Gasteiger partial charge is 0.296 e. The molecule has 84 valence electrons. The fraction of sp³-hybridized carbons (Fsp3) is 0.500. The SMILES string of the molecule is CC(C)N(CCCl)Cc1cccc(Br)c1. The zero-order valence-corrected chi connectivity index (χ0v) is 11.6. The van der Waals surface area contributed by atoms with E-state index in [1.165, 1.54) is 5.56 Å². The van der Waals surface area contributed by atoms with E-state index in [9.17, 15) is 0 Å². The van der Waals surface area contributed by atoms with E-state index in [0.717, 1.165) is 17.6 Å². The highest BCUT2D eigenvalue weighted by molar-refractivity contribution is 9.10. The molecular weight excluding hydrogens is 273 g/mol. The van der Waals surface area contributed by atoms with E-state index in [1.807, 2.05) is 6.07 Å². The number of halogens is 2. The number of benzene rings is 1. The van der Waals surface area contributed by atoms with E-state index in [0.29, 0.717) is 11.9 Å². The Bertz CT molecular complexity index is 301. The molecule has 0 unspecified atom stereocenters. The van der Waals surface area contributed by atoms with Crippen LogP contribution in [-0.4, -0.2) is 23.4 Å². The minimum Gasteiger partial charge on any atom is -0.296 e. The summed E-state index contributed by atoms with van der Waals surface area (Å²) in [7, 11) is 0. The number of hydrogen-bond donors (Lipinski definition) is 0. The Labute approximate surface area is 106 Å². The number of rotatable bonds is 5. The van der Waals surface area contributed by atoms with Crippen LogP contribution in [0.5, 0.6) is 0 Å². The summed E-state index contributed by atoms with van der Waals surface area (Å²) in [6.45, 7) is 6.30. The molecule has 0 fully saturated rings. The minimum atomic E-state index is 0.530. The van der Waals surface area contributed by atoms with Crippen LogP contribution in [0.25, 0.3) is 0 Å². The van der Waals surface area contributed by atoms with Gasteiger partial charge in [0.05, 0.1) is 0 Å². The van der Waals surface area contributed by atoms with Crippen molar-refractivity contribution in [3.8, 4) is 0 Å². The van der Waals surface area contributed by atoms with Crippen molar-refractivity contribution < 1.29 is 0 Å². The first-order chi connectivity index (χ1) is 7.13. The average Bonchev–Trinajstić information content (AvgIpc) is 2.17. The van der Waals surface area contributed by atoms with Crippen LogP contribution in [0.1, 0.15) is 19.4 Å². The standard InChI is InChI=1S/C12H17BrClN/c1-10(2)15(7-6-14)9-11-4-3-5-12(13)8-11/h3-5,8,10H,6-7,9H2,1-2H3. The van der Waals surface area contributed by atoms with Gasteiger partial charge in [0, 0.05) is 29.5 Å². The van der Waals surface area contributed by atoms with Crippen molar-refractivity contribution in [3.05, 3.63) is 34.3 Å². The second-order valence-corrected chi connectivity index (χ2v) is 5.18. The third-order valence-electron chi connectivity index (χ3n) is 2.38. The van der Waals surface area contributed by atoms with Crippen LogP contribution in [0.3, 0.4) is 0 Å². The number of nitrogens with zero attached hydrogens (tertiary/aromatic N) is 1.